The fourth-order valence-electron chi connectivity index (χ4n) is 3.28. The summed E-state index contributed by atoms with van der Waals surface area (Å²) in [5.41, 5.74) is 2.80. The number of hydrogen-bond acceptors (Lipinski definition) is 4. The highest BCUT2D eigenvalue weighted by Crippen LogP contribution is 2.33. The number of carbonyl (C=O) groups excluding carboxylic acids is 1. The number of pyridine rings is 1. The summed E-state index contributed by atoms with van der Waals surface area (Å²) >= 11 is 0. The van der Waals surface area contributed by atoms with Crippen molar-refractivity contribution in [3.05, 3.63) is 36.5 Å². The summed E-state index contributed by atoms with van der Waals surface area (Å²) < 4.78 is 0. The maximum absolute atomic E-state index is 11.9. The van der Waals surface area contributed by atoms with Crippen LogP contribution in [0, 0.1) is 18.3 Å². The minimum absolute atomic E-state index is 0.252. The van der Waals surface area contributed by atoms with Crippen molar-refractivity contribution in [1.29, 1.82) is 0 Å². The van der Waals surface area contributed by atoms with Crippen LogP contribution >= 0.6 is 0 Å². The van der Waals surface area contributed by atoms with Crippen LogP contribution in [0.5, 0.6) is 0 Å². The second kappa shape index (κ2) is 8.86. The Hall–Kier alpha value is -1.46. The van der Waals surface area contributed by atoms with Crippen LogP contribution in [0.2, 0.25) is 0 Å². The fraction of sp³-hybridized carbons (Fsp3) is 0.588. The van der Waals surface area contributed by atoms with Gasteiger partial charge in [0.15, 0.2) is 0 Å². The first-order chi connectivity index (χ1) is 10.7. The van der Waals surface area contributed by atoms with Gasteiger partial charge in [0, 0.05) is 18.3 Å². The van der Waals surface area contributed by atoms with Crippen LogP contribution in [0.25, 0.3) is 0 Å². The summed E-state index contributed by atoms with van der Waals surface area (Å²) in [6.45, 7) is 0. The van der Waals surface area contributed by atoms with Gasteiger partial charge in [0.05, 0.1) is 6.10 Å². The molecule has 1 amide bonds. The highest BCUT2D eigenvalue weighted by atomic mass is 16.5. The largest absolute Gasteiger partial charge is 0.393 e. The lowest BCUT2D eigenvalue weighted by molar-refractivity contribution is -0.136. The van der Waals surface area contributed by atoms with E-state index in [9.17, 15) is 9.90 Å². The molecule has 121 valence electrons. The highest BCUT2D eigenvalue weighted by molar-refractivity contribution is 5.77. The van der Waals surface area contributed by atoms with E-state index in [2.05, 4.69) is 4.98 Å². The average molecular weight is 305 g/mol. The van der Waals surface area contributed by atoms with Crippen LogP contribution in [-0.2, 0) is 11.2 Å². The minimum Gasteiger partial charge on any atom is -0.393 e. The molecule has 0 spiro atoms. The predicted octanol–water partition coefficient (Wildman–Crippen LogP) is 2.28. The molecule has 1 aromatic heterocycles. The lowest BCUT2D eigenvalue weighted by Gasteiger charge is -2.30. The van der Waals surface area contributed by atoms with Gasteiger partial charge in [-0.15, -0.1) is 0 Å². The SMILES string of the molecule is O=C(NO)C(CC(O)[CH]Cc1cccnc1)C1CCCCC1. The third kappa shape index (κ3) is 5.07. The molecule has 5 heteroatoms. The Morgan fingerprint density at radius 2 is 2.18 bits per heavy atom. The molecule has 0 aromatic carbocycles. The molecule has 2 unspecified atom stereocenters. The molecular weight excluding hydrogens is 280 g/mol. The van der Waals surface area contributed by atoms with Crippen molar-refractivity contribution in [3.8, 4) is 0 Å². The molecule has 3 N–H and O–H groups in total. The minimum atomic E-state index is -0.663. The third-order valence-electron chi connectivity index (χ3n) is 4.51. The lowest BCUT2D eigenvalue weighted by Crippen LogP contribution is -2.36. The van der Waals surface area contributed by atoms with Gasteiger partial charge >= 0.3 is 0 Å². The van der Waals surface area contributed by atoms with E-state index >= 15 is 0 Å². The number of carbonyl (C=O) groups is 1. The van der Waals surface area contributed by atoms with Crippen LogP contribution in [0.1, 0.15) is 44.1 Å². The van der Waals surface area contributed by atoms with Crippen molar-refractivity contribution in [2.45, 2.75) is 51.0 Å². The van der Waals surface area contributed by atoms with E-state index in [-0.39, 0.29) is 17.7 Å². The summed E-state index contributed by atoms with van der Waals surface area (Å²) in [5.74, 6) is -0.450. The first-order valence-electron chi connectivity index (χ1n) is 8.05. The Morgan fingerprint density at radius 3 is 2.82 bits per heavy atom. The van der Waals surface area contributed by atoms with Crippen molar-refractivity contribution in [2.24, 2.45) is 11.8 Å². The summed E-state index contributed by atoms with van der Waals surface area (Å²) in [6, 6.07) is 3.81. The molecule has 1 aliphatic carbocycles. The van der Waals surface area contributed by atoms with E-state index in [0.29, 0.717) is 12.8 Å². The van der Waals surface area contributed by atoms with Gasteiger partial charge in [-0.3, -0.25) is 15.0 Å². The quantitative estimate of drug-likeness (QED) is 0.533. The van der Waals surface area contributed by atoms with Crippen LogP contribution in [0.3, 0.4) is 0 Å². The topological polar surface area (TPSA) is 82.5 Å². The standard InChI is InChI=1S/C17H25N2O3/c20-15(9-8-13-5-4-10-18-12-13)11-16(17(21)19-22)14-6-2-1-3-7-14/h4-5,9-10,12,14-16,20,22H,1-3,6-8,11H2,(H,19,21). The van der Waals surface area contributed by atoms with Crippen molar-refractivity contribution >= 4 is 5.91 Å². The van der Waals surface area contributed by atoms with Gasteiger partial charge in [0.1, 0.15) is 0 Å². The van der Waals surface area contributed by atoms with Crippen molar-refractivity contribution < 1.29 is 15.1 Å². The van der Waals surface area contributed by atoms with E-state index in [1.807, 2.05) is 12.1 Å². The summed E-state index contributed by atoms with van der Waals surface area (Å²) in [7, 11) is 0. The molecule has 22 heavy (non-hydrogen) atoms. The Kier molecular flexibility index (Phi) is 6.80. The van der Waals surface area contributed by atoms with Crippen molar-refractivity contribution in [2.75, 3.05) is 0 Å². The fourth-order valence-corrected chi connectivity index (χ4v) is 3.28. The van der Waals surface area contributed by atoms with Gasteiger partial charge in [0.2, 0.25) is 5.91 Å². The number of amides is 1. The van der Waals surface area contributed by atoms with E-state index in [1.54, 1.807) is 24.3 Å². The molecular formula is C17H25N2O3. The van der Waals surface area contributed by atoms with Gasteiger partial charge in [0.25, 0.3) is 0 Å². The zero-order valence-corrected chi connectivity index (χ0v) is 12.8. The zero-order valence-electron chi connectivity index (χ0n) is 12.8. The van der Waals surface area contributed by atoms with Gasteiger partial charge in [-0.1, -0.05) is 25.3 Å². The Morgan fingerprint density at radius 1 is 1.41 bits per heavy atom. The summed E-state index contributed by atoms with van der Waals surface area (Å²) in [5, 5.41) is 19.2. The molecule has 0 saturated heterocycles. The van der Waals surface area contributed by atoms with E-state index in [4.69, 9.17) is 5.21 Å². The molecule has 0 aliphatic heterocycles. The summed E-state index contributed by atoms with van der Waals surface area (Å²) in [4.78, 5) is 16.0. The first-order valence-corrected chi connectivity index (χ1v) is 8.05. The molecule has 1 saturated carbocycles. The zero-order chi connectivity index (χ0) is 15.8. The number of aliphatic hydroxyl groups is 1. The second-order valence-corrected chi connectivity index (χ2v) is 6.08. The van der Waals surface area contributed by atoms with Crippen LogP contribution in [-0.4, -0.2) is 27.3 Å². The number of aromatic nitrogens is 1. The Balaban J connectivity index is 1.87. The van der Waals surface area contributed by atoms with Crippen LogP contribution < -0.4 is 5.48 Å². The summed E-state index contributed by atoms with van der Waals surface area (Å²) in [6.07, 6.45) is 11.0. The maximum Gasteiger partial charge on any atom is 0.246 e. The van der Waals surface area contributed by atoms with Crippen molar-refractivity contribution in [3.63, 3.8) is 0 Å². The molecule has 0 bridgehead atoms. The Bertz CT molecular complexity index is 446. The number of nitrogens with one attached hydrogen (secondary N) is 1. The normalized spacial score (nSPS) is 18.6. The predicted molar refractivity (Wildman–Crippen MR) is 82.9 cm³/mol. The molecule has 1 aliphatic rings. The Labute approximate surface area is 131 Å². The van der Waals surface area contributed by atoms with Gasteiger partial charge in [-0.25, -0.2) is 5.48 Å². The molecule has 1 fully saturated rings. The number of rotatable bonds is 7. The van der Waals surface area contributed by atoms with Gasteiger partial charge in [-0.05, 0) is 49.7 Å². The smallest absolute Gasteiger partial charge is 0.246 e. The maximum atomic E-state index is 11.9. The van der Waals surface area contributed by atoms with E-state index in [1.165, 1.54) is 6.42 Å². The van der Waals surface area contributed by atoms with Crippen LogP contribution in [0.4, 0.5) is 0 Å². The second-order valence-electron chi connectivity index (χ2n) is 6.08. The van der Waals surface area contributed by atoms with Crippen LogP contribution in [0.15, 0.2) is 24.5 Å². The number of nitrogens with zero attached hydrogens (tertiary/aromatic N) is 1. The van der Waals surface area contributed by atoms with Gasteiger partial charge in [-0.2, -0.15) is 0 Å². The van der Waals surface area contributed by atoms with Crippen molar-refractivity contribution in [1.82, 2.24) is 10.5 Å². The number of aliphatic hydroxyl groups excluding tert-OH is 1. The highest BCUT2D eigenvalue weighted by Gasteiger charge is 2.31. The molecule has 2 rings (SSSR count). The number of hydrogen-bond donors (Lipinski definition) is 3. The van der Waals surface area contributed by atoms with E-state index < -0.39 is 6.10 Å². The van der Waals surface area contributed by atoms with E-state index in [0.717, 1.165) is 31.2 Å². The molecule has 5 nitrogen and oxygen atoms in total. The molecule has 1 aromatic rings. The molecule has 1 heterocycles. The monoisotopic (exact) mass is 305 g/mol. The first kappa shape index (κ1) is 16.9. The third-order valence-corrected chi connectivity index (χ3v) is 4.51. The number of hydroxylamine groups is 1. The lowest BCUT2D eigenvalue weighted by atomic mass is 9.77. The van der Waals surface area contributed by atoms with Gasteiger partial charge < -0.3 is 5.11 Å². The molecule has 2 atom stereocenters. The molecule has 1 radical (unpaired) electrons. The average Bonchev–Trinajstić information content (AvgIpc) is 2.59.